The average Bonchev–Trinajstić information content (AvgIpc) is 3.13. The number of rotatable bonds is 5. The summed E-state index contributed by atoms with van der Waals surface area (Å²) >= 11 is 1.46. The van der Waals surface area contributed by atoms with E-state index < -0.39 is 0 Å². The lowest BCUT2D eigenvalue weighted by molar-refractivity contribution is -0.131. The fourth-order valence-electron chi connectivity index (χ4n) is 3.44. The van der Waals surface area contributed by atoms with Crippen molar-refractivity contribution >= 4 is 17.7 Å². The number of piperidine rings is 1. The molecule has 28 heavy (non-hydrogen) atoms. The van der Waals surface area contributed by atoms with E-state index in [9.17, 15) is 4.79 Å². The first-order valence-corrected chi connectivity index (χ1v) is 10.4. The minimum atomic E-state index is -0.330. The van der Waals surface area contributed by atoms with Gasteiger partial charge in [0.1, 0.15) is 5.25 Å². The highest BCUT2D eigenvalue weighted by molar-refractivity contribution is 8.00. The van der Waals surface area contributed by atoms with Crippen LogP contribution >= 0.6 is 11.8 Å². The van der Waals surface area contributed by atoms with Crippen molar-refractivity contribution in [3.05, 3.63) is 60.4 Å². The summed E-state index contributed by atoms with van der Waals surface area (Å²) in [5, 5.41) is 9.08. The van der Waals surface area contributed by atoms with Crippen molar-refractivity contribution in [2.45, 2.75) is 29.7 Å². The van der Waals surface area contributed by atoms with Crippen LogP contribution < -0.4 is 0 Å². The fraction of sp³-hybridized carbons (Fsp3) is 0.333. The quantitative estimate of drug-likeness (QED) is 0.618. The van der Waals surface area contributed by atoms with Crippen LogP contribution in [0.5, 0.6) is 0 Å². The number of nitrogens with zero attached hydrogens (tertiary/aromatic N) is 5. The highest BCUT2D eigenvalue weighted by atomic mass is 32.2. The molecule has 144 valence electrons. The number of carbonyl (C=O) groups excluding carboxylic acids is 1. The van der Waals surface area contributed by atoms with Gasteiger partial charge in [-0.1, -0.05) is 42.1 Å². The molecule has 0 unspecified atom stereocenters. The van der Waals surface area contributed by atoms with E-state index in [1.807, 2.05) is 59.0 Å². The maximum atomic E-state index is 13.3. The van der Waals surface area contributed by atoms with Gasteiger partial charge in [-0.25, -0.2) is 0 Å². The molecule has 0 radical (unpaired) electrons. The van der Waals surface area contributed by atoms with E-state index >= 15 is 0 Å². The molecular weight excluding hydrogens is 370 g/mol. The predicted molar refractivity (Wildman–Crippen MR) is 110 cm³/mol. The lowest BCUT2D eigenvalue weighted by Gasteiger charge is -2.30. The van der Waals surface area contributed by atoms with Gasteiger partial charge in [0.05, 0.1) is 0 Å². The van der Waals surface area contributed by atoms with E-state index in [0.29, 0.717) is 0 Å². The monoisotopic (exact) mass is 393 g/mol. The number of benzene rings is 1. The number of pyridine rings is 1. The zero-order valence-corrected chi connectivity index (χ0v) is 16.7. The summed E-state index contributed by atoms with van der Waals surface area (Å²) in [5.41, 5.74) is 1.90. The fourth-order valence-corrected chi connectivity index (χ4v) is 4.52. The minimum absolute atomic E-state index is 0.154. The van der Waals surface area contributed by atoms with Crippen molar-refractivity contribution in [3.8, 4) is 11.4 Å². The summed E-state index contributed by atoms with van der Waals surface area (Å²) in [4.78, 5) is 19.5. The Morgan fingerprint density at radius 2 is 1.82 bits per heavy atom. The van der Waals surface area contributed by atoms with Crippen molar-refractivity contribution in [3.63, 3.8) is 0 Å². The molecule has 1 saturated heterocycles. The van der Waals surface area contributed by atoms with Crippen molar-refractivity contribution < 1.29 is 4.79 Å². The topological polar surface area (TPSA) is 63.9 Å². The molecule has 1 aliphatic heterocycles. The molecule has 6 nitrogen and oxygen atoms in total. The number of carbonyl (C=O) groups is 1. The van der Waals surface area contributed by atoms with Gasteiger partial charge in [-0.05, 0) is 37.0 Å². The Kier molecular flexibility index (Phi) is 5.71. The summed E-state index contributed by atoms with van der Waals surface area (Å²) in [6.45, 7) is 1.67. The van der Waals surface area contributed by atoms with Gasteiger partial charge in [0.25, 0.3) is 0 Å². The van der Waals surface area contributed by atoms with Crippen molar-refractivity contribution in [2.75, 3.05) is 13.1 Å². The Morgan fingerprint density at radius 3 is 2.54 bits per heavy atom. The number of hydrogen-bond donors (Lipinski definition) is 0. The first-order chi connectivity index (χ1) is 13.7. The van der Waals surface area contributed by atoms with Crippen LogP contribution in [0.15, 0.2) is 60.0 Å². The Hall–Kier alpha value is -2.67. The number of aromatic nitrogens is 4. The van der Waals surface area contributed by atoms with E-state index in [0.717, 1.165) is 48.0 Å². The molecule has 4 rings (SSSR count). The molecule has 0 N–H and O–H groups in total. The van der Waals surface area contributed by atoms with Gasteiger partial charge in [0, 0.05) is 38.1 Å². The second-order valence-electron chi connectivity index (χ2n) is 6.90. The van der Waals surface area contributed by atoms with E-state index in [1.54, 1.807) is 12.4 Å². The lowest BCUT2D eigenvalue weighted by atomic mass is 10.1. The van der Waals surface area contributed by atoms with E-state index in [2.05, 4.69) is 15.2 Å². The standard InChI is InChI=1S/C21H23N5OS/c1-25-19(17-11-8-12-22-15-17)23-24-21(25)28-18(16-9-4-2-5-10-16)20(27)26-13-6-3-7-14-26/h2,4-5,8-12,15,18H,3,6-7,13-14H2,1H3/t18-/m0/s1. The number of hydrogen-bond acceptors (Lipinski definition) is 5. The van der Waals surface area contributed by atoms with Crippen LogP contribution in [0.4, 0.5) is 0 Å². The van der Waals surface area contributed by atoms with Crippen LogP contribution in [-0.4, -0.2) is 43.6 Å². The zero-order valence-electron chi connectivity index (χ0n) is 15.9. The Bertz CT molecular complexity index is 922. The van der Waals surface area contributed by atoms with Crippen molar-refractivity contribution in [2.24, 2.45) is 7.05 Å². The summed E-state index contributed by atoms with van der Waals surface area (Å²) < 4.78 is 1.93. The van der Waals surface area contributed by atoms with Gasteiger partial charge in [-0.15, -0.1) is 10.2 Å². The molecule has 0 spiro atoms. The minimum Gasteiger partial charge on any atom is -0.341 e. The van der Waals surface area contributed by atoms with Crippen LogP contribution in [-0.2, 0) is 11.8 Å². The molecule has 1 aromatic carbocycles. The third-order valence-electron chi connectivity index (χ3n) is 4.97. The van der Waals surface area contributed by atoms with Gasteiger partial charge in [0.2, 0.25) is 5.91 Å². The first-order valence-electron chi connectivity index (χ1n) is 9.54. The molecule has 0 aliphatic carbocycles. The lowest BCUT2D eigenvalue weighted by Crippen LogP contribution is -2.38. The number of amides is 1. The molecule has 3 heterocycles. The van der Waals surface area contributed by atoms with Crippen LogP contribution in [0, 0.1) is 0 Å². The largest absolute Gasteiger partial charge is 0.341 e. The van der Waals surface area contributed by atoms with Crippen LogP contribution in [0.2, 0.25) is 0 Å². The molecular formula is C21H23N5OS. The summed E-state index contributed by atoms with van der Waals surface area (Å²) in [6.07, 6.45) is 6.86. The second-order valence-corrected chi connectivity index (χ2v) is 7.97. The van der Waals surface area contributed by atoms with E-state index in [-0.39, 0.29) is 11.2 Å². The highest BCUT2D eigenvalue weighted by Gasteiger charge is 2.29. The smallest absolute Gasteiger partial charge is 0.240 e. The van der Waals surface area contributed by atoms with Crippen LogP contribution in [0.1, 0.15) is 30.1 Å². The van der Waals surface area contributed by atoms with Gasteiger partial charge < -0.3 is 9.47 Å². The molecule has 1 amide bonds. The van der Waals surface area contributed by atoms with Gasteiger partial charge in [-0.3, -0.25) is 9.78 Å². The first kappa shape index (κ1) is 18.7. The summed E-state index contributed by atoms with van der Waals surface area (Å²) in [7, 11) is 1.93. The molecule has 2 aromatic heterocycles. The third-order valence-corrected chi connectivity index (χ3v) is 6.25. The maximum Gasteiger partial charge on any atom is 0.240 e. The van der Waals surface area contributed by atoms with Crippen LogP contribution in [0.3, 0.4) is 0 Å². The molecule has 0 bridgehead atoms. The number of likely N-dealkylation sites (tertiary alicyclic amines) is 1. The molecule has 1 aliphatic rings. The van der Waals surface area contributed by atoms with E-state index in [4.69, 9.17) is 0 Å². The Morgan fingerprint density at radius 1 is 1.04 bits per heavy atom. The third kappa shape index (κ3) is 3.94. The van der Waals surface area contributed by atoms with Crippen LogP contribution in [0.25, 0.3) is 11.4 Å². The van der Waals surface area contributed by atoms with Gasteiger partial charge in [0.15, 0.2) is 11.0 Å². The van der Waals surface area contributed by atoms with Crippen molar-refractivity contribution in [1.29, 1.82) is 0 Å². The summed E-state index contributed by atoms with van der Waals surface area (Å²) in [6, 6.07) is 13.8. The average molecular weight is 394 g/mol. The predicted octanol–water partition coefficient (Wildman–Crippen LogP) is 3.72. The van der Waals surface area contributed by atoms with E-state index in [1.165, 1.54) is 18.2 Å². The SMILES string of the molecule is Cn1c(S[C@H](C(=O)N2CCCCC2)c2ccccc2)nnc1-c1cccnc1. The molecule has 1 fully saturated rings. The molecule has 0 saturated carbocycles. The normalized spacial score (nSPS) is 15.4. The Labute approximate surface area is 169 Å². The number of thioether (sulfide) groups is 1. The van der Waals surface area contributed by atoms with Gasteiger partial charge >= 0.3 is 0 Å². The summed E-state index contributed by atoms with van der Waals surface area (Å²) in [5.74, 6) is 0.898. The molecule has 1 atom stereocenters. The van der Waals surface area contributed by atoms with Gasteiger partial charge in [-0.2, -0.15) is 0 Å². The molecule has 3 aromatic rings. The van der Waals surface area contributed by atoms with Crippen molar-refractivity contribution in [1.82, 2.24) is 24.6 Å². The Balaban J connectivity index is 1.63. The second kappa shape index (κ2) is 8.56. The zero-order chi connectivity index (χ0) is 19.3. The highest BCUT2D eigenvalue weighted by Crippen LogP contribution is 2.37. The maximum absolute atomic E-state index is 13.3. The molecule has 7 heteroatoms.